The summed E-state index contributed by atoms with van der Waals surface area (Å²) in [6.45, 7) is 2.99. The number of rotatable bonds is 2. The number of hydrogen-bond donors (Lipinski definition) is 0. The molecule has 2 aliphatic heterocycles. The fourth-order valence-corrected chi connectivity index (χ4v) is 6.93. The Kier molecular flexibility index (Phi) is 3.98. The van der Waals surface area contributed by atoms with Crippen LogP contribution in [0.3, 0.4) is 0 Å². The number of amides is 1. The van der Waals surface area contributed by atoms with Crippen molar-refractivity contribution in [1.82, 2.24) is 9.80 Å². The van der Waals surface area contributed by atoms with Crippen molar-refractivity contribution >= 4 is 27.1 Å². The van der Waals surface area contributed by atoms with E-state index in [1.807, 2.05) is 4.90 Å². The molecule has 126 valence electrons. The normalized spacial score (nSPS) is 27.3. The first-order valence-electron chi connectivity index (χ1n) is 8.37. The molecule has 1 aliphatic carbocycles. The van der Waals surface area contributed by atoms with Gasteiger partial charge in [-0.05, 0) is 37.3 Å². The quantitative estimate of drug-likeness (QED) is 0.800. The van der Waals surface area contributed by atoms with Gasteiger partial charge in [-0.1, -0.05) is 0 Å². The van der Waals surface area contributed by atoms with E-state index in [2.05, 4.69) is 11.0 Å². The monoisotopic (exact) mass is 354 g/mol. The van der Waals surface area contributed by atoms with Gasteiger partial charge in [0.1, 0.15) is 0 Å². The van der Waals surface area contributed by atoms with Crippen molar-refractivity contribution in [3.8, 4) is 0 Å². The number of piperazine rings is 1. The number of carbonyl (C=O) groups is 1. The molecule has 0 aromatic carbocycles. The molecule has 0 radical (unpaired) electrons. The zero-order valence-electron chi connectivity index (χ0n) is 13.2. The third-order valence-corrected chi connectivity index (χ3v) is 8.26. The zero-order chi connectivity index (χ0) is 16.0. The molecule has 0 saturated carbocycles. The van der Waals surface area contributed by atoms with E-state index in [1.165, 1.54) is 16.9 Å². The first-order valence-corrected chi connectivity index (χ1v) is 11.0. The summed E-state index contributed by atoms with van der Waals surface area (Å²) in [5.41, 5.74) is 1.37. The SMILES string of the molecule is O=C(c1cc2c(s1)CCC2)N1CCN([C@H]2CCS(=O)(=O)C2)CC1. The molecule has 1 aromatic rings. The Morgan fingerprint density at radius 1 is 1.17 bits per heavy atom. The molecule has 23 heavy (non-hydrogen) atoms. The second kappa shape index (κ2) is 5.86. The molecule has 1 aromatic heterocycles. The van der Waals surface area contributed by atoms with Crippen LogP contribution in [-0.2, 0) is 22.7 Å². The predicted octanol–water partition coefficient (Wildman–Crippen LogP) is 1.18. The second-order valence-electron chi connectivity index (χ2n) is 6.80. The van der Waals surface area contributed by atoms with Gasteiger partial charge in [0.25, 0.3) is 5.91 Å². The Labute approximate surface area is 141 Å². The fourth-order valence-electron chi connectivity index (χ4n) is 3.94. The maximum Gasteiger partial charge on any atom is 0.264 e. The van der Waals surface area contributed by atoms with Crippen molar-refractivity contribution < 1.29 is 13.2 Å². The molecule has 1 atom stereocenters. The van der Waals surface area contributed by atoms with Gasteiger partial charge in [0, 0.05) is 37.1 Å². The summed E-state index contributed by atoms with van der Waals surface area (Å²) in [5.74, 6) is 0.763. The fraction of sp³-hybridized carbons (Fsp3) is 0.688. The summed E-state index contributed by atoms with van der Waals surface area (Å²) >= 11 is 1.67. The summed E-state index contributed by atoms with van der Waals surface area (Å²) < 4.78 is 23.2. The van der Waals surface area contributed by atoms with E-state index in [1.54, 1.807) is 11.3 Å². The van der Waals surface area contributed by atoms with Gasteiger partial charge in [0.2, 0.25) is 0 Å². The van der Waals surface area contributed by atoms with Gasteiger partial charge in [0.15, 0.2) is 9.84 Å². The van der Waals surface area contributed by atoms with Gasteiger partial charge in [-0.3, -0.25) is 9.69 Å². The molecule has 3 heterocycles. The van der Waals surface area contributed by atoms with Crippen LogP contribution < -0.4 is 0 Å². The van der Waals surface area contributed by atoms with Gasteiger partial charge in [-0.25, -0.2) is 8.42 Å². The first-order chi connectivity index (χ1) is 11.0. The Morgan fingerprint density at radius 2 is 1.96 bits per heavy atom. The zero-order valence-corrected chi connectivity index (χ0v) is 14.8. The Morgan fingerprint density at radius 3 is 2.61 bits per heavy atom. The van der Waals surface area contributed by atoms with Crippen molar-refractivity contribution in [2.75, 3.05) is 37.7 Å². The minimum Gasteiger partial charge on any atom is -0.335 e. The summed E-state index contributed by atoms with van der Waals surface area (Å²) in [6, 6.07) is 2.24. The largest absolute Gasteiger partial charge is 0.335 e. The minimum atomic E-state index is -2.84. The Bertz CT molecular complexity index is 696. The number of fused-ring (bicyclic) bond motifs is 1. The summed E-state index contributed by atoms with van der Waals surface area (Å²) in [5, 5.41) is 0. The standard InChI is InChI=1S/C16H22N2O3S2/c19-16(15-10-12-2-1-3-14(12)22-15)18-7-5-17(6-8-18)13-4-9-23(20,21)11-13/h10,13H,1-9,11H2/t13-/m0/s1. The second-order valence-corrected chi connectivity index (χ2v) is 10.2. The maximum absolute atomic E-state index is 12.7. The average molecular weight is 354 g/mol. The molecule has 4 rings (SSSR count). The molecule has 0 bridgehead atoms. The van der Waals surface area contributed by atoms with Crippen LogP contribution in [0.1, 0.15) is 33.0 Å². The first kappa shape index (κ1) is 15.6. The molecular formula is C16H22N2O3S2. The third-order valence-electron chi connectivity index (χ3n) is 5.28. The van der Waals surface area contributed by atoms with Crippen LogP contribution in [0.15, 0.2) is 6.07 Å². The number of aryl methyl sites for hydroxylation is 2. The van der Waals surface area contributed by atoms with Crippen LogP contribution in [0.2, 0.25) is 0 Å². The Balaban J connectivity index is 1.36. The summed E-state index contributed by atoms with van der Waals surface area (Å²) in [4.78, 5) is 19.1. The minimum absolute atomic E-state index is 0.155. The van der Waals surface area contributed by atoms with E-state index in [-0.39, 0.29) is 11.9 Å². The van der Waals surface area contributed by atoms with Gasteiger partial charge in [-0.2, -0.15) is 0 Å². The van der Waals surface area contributed by atoms with Gasteiger partial charge in [-0.15, -0.1) is 11.3 Å². The van der Waals surface area contributed by atoms with Crippen molar-refractivity contribution in [2.24, 2.45) is 0 Å². The van der Waals surface area contributed by atoms with Crippen LogP contribution in [0.4, 0.5) is 0 Å². The predicted molar refractivity (Wildman–Crippen MR) is 90.9 cm³/mol. The lowest BCUT2D eigenvalue weighted by Gasteiger charge is -2.37. The van der Waals surface area contributed by atoms with Gasteiger partial charge < -0.3 is 4.90 Å². The molecular weight excluding hydrogens is 332 g/mol. The van der Waals surface area contributed by atoms with Gasteiger partial charge in [0.05, 0.1) is 16.4 Å². The number of nitrogens with zero attached hydrogens (tertiary/aromatic N) is 2. The van der Waals surface area contributed by atoms with Crippen molar-refractivity contribution in [1.29, 1.82) is 0 Å². The van der Waals surface area contributed by atoms with Gasteiger partial charge >= 0.3 is 0 Å². The van der Waals surface area contributed by atoms with E-state index in [4.69, 9.17) is 0 Å². The van der Waals surface area contributed by atoms with E-state index >= 15 is 0 Å². The number of sulfone groups is 1. The van der Waals surface area contributed by atoms with Crippen LogP contribution in [0, 0.1) is 0 Å². The number of thiophene rings is 1. The molecule has 2 fully saturated rings. The molecule has 7 heteroatoms. The van der Waals surface area contributed by atoms with Crippen molar-refractivity contribution in [2.45, 2.75) is 31.7 Å². The maximum atomic E-state index is 12.7. The molecule has 0 unspecified atom stereocenters. The molecule has 0 N–H and O–H groups in total. The smallest absolute Gasteiger partial charge is 0.264 e. The highest BCUT2D eigenvalue weighted by molar-refractivity contribution is 7.91. The number of hydrogen-bond acceptors (Lipinski definition) is 5. The highest BCUT2D eigenvalue weighted by Crippen LogP contribution is 2.31. The molecule has 3 aliphatic rings. The molecule has 1 amide bonds. The highest BCUT2D eigenvalue weighted by atomic mass is 32.2. The van der Waals surface area contributed by atoms with Crippen LogP contribution in [-0.4, -0.2) is 67.9 Å². The summed E-state index contributed by atoms with van der Waals surface area (Å²) in [6.07, 6.45) is 4.20. The van der Waals surface area contributed by atoms with Crippen LogP contribution >= 0.6 is 11.3 Å². The van der Waals surface area contributed by atoms with Crippen LogP contribution in [0.25, 0.3) is 0 Å². The summed E-state index contributed by atoms with van der Waals surface area (Å²) in [7, 11) is -2.84. The van der Waals surface area contributed by atoms with E-state index in [0.717, 1.165) is 37.2 Å². The molecule has 0 spiro atoms. The lowest BCUT2D eigenvalue weighted by molar-refractivity contribution is 0.0592. The Hall–Kier alpha value is -0.920. The van der Waals surface area contributed by atoms with E-state index in [0.29, 0.717) is 24.6 Å². The molecule has 2 saturated heterocycles. The highest BCUT2D eigenvalue weighted by Gasteiger charge is 2.34. The average Bonchev–Trinajstić information content (AvgIpc) is 3.20. The van der Waals surface area contributed by atoms with E-state index in [9.17, 15) is 13.2 Å². The van der Waals surface area contributed by atoms with Crippen molar-refractivity contribution in [3.63, 3.8) is 0 Å². The third kappa shape index (κ3) is 3.06. The lowest BCUT2D eigenvalue weighted by Crippen LogP contribution is -2.52. The number of carbonyl (C=O) groups excluding carboxylic acids is 1. The van der Waals surface area contributed by atoms with Crippen LogP contribution in [0.5, 0.6) is 0 Å². The van der Waals surface area contributed by atoms with E-state index < -0.39 is 9.84 Å². The topological polar surface area (TPSA) is 57.7 Å². The molecule has 5 nitrogen and oxygen atoms in total. The lowest BCUT2D eigenvalue weighted by atomic mass is 10.2. The van der Waals surface area contributed by atoms with Crippen molar-refractivity contribution in [3.05, 3.63) is 21.4 Å².